The predicted octanol–water partition coefficient (Wildman–Crippen LogP) is 1.24. The summed E-state index contributed by atoms with van der Waals surface area (Å²) < 4.78 is 4.93. The summed E-state index contributed by atoms with van der Waals surface area (Å²) in [6, 6.07) is 0. The van der Waals surface area contributed by atoms with Gasteiger partial charge >= 0.3 is 0 Å². The Labute approximate surface area is 99.4 Å². The van der Waals surface area contributed by atoms with Crippen LogP contribution in [0, 0.1) is 0 Å². The average Bonchev–Trinajstić information content (AvgIpc) is 2.30. The molecule has 0 aromatic carbocycles. The third-order valence-electron chi connectivity index (χ3n) is 2.07. The van der Waals surface area contributed by atoms with E-state index in [-0.39, 0.29) is 11.1 Å². The molecule has 5 nitrogen and oxygen atoms in total. The lowest BCUT2D eigenvalue weighted by Gasteiger charge is -2.19. The fourth-order valence-electron chi connectivity index (χ4n) is 1.19. The number of halogens is 1. The van der Waals surface area contributed by atoms with Gasteiger partial charge in [-0.25, -0.2) is 9.97 Å². The number of methoxy groups -OCH3 is 1. The van der Waals surface area contributed by atoms with Crippen molar-refractivity contribution in [3.05, 3.63) is 23.2 Å². The van der Waals surface area contributed by atoms with E-state index in [4.69, 9.17) is 16.3 Å². The van der Waals surface area contributed by atoms with Gasteiger partial charge in [-0.1, -0.05) is 11.6 Å². The minimum absolute atomic E-state index is 0.163. The Bertz CT molecular complexity index is 342. The van der Waals surface area contributed by atoms with Gasteiger partial charge in [0.05, 0.1) is 19.0 Å². The van der Waals surface area contributed by atoms with Crippen LogP contribution in [0.25, 0.3) is 0 Å². The molecule has 0 bridgehead atoms. The Morgan fingerprint density at radius 3 is 2.75 bits per heavy atom. The van der Waals surface area contributed by atoms with E-state index in [1.54, 1.807) is 12.0 Å². The van der Waals surface area contributed by atoms with Crippen molar-refractivity contribution in [1.82, 2.24) is 14.9 Å². The molecule has 1 aromatic rings. The molecule has 0 saturated carbocycles. The number of nitrogens with zero attached hydrogens (tertiary/aromatic N) is 3. The van der Waals surface area contributed by atoms with E-state index in [2.05, 4.69) is 9.97 Å². The van der Waals surface area contributed by atoms with Crippen LogP contribution in [0.3, 0.4) is 0 Å². The molecule has 1 aromatic heterocycles. The third-order valence-corrected chi connectivity index (χ3v) is 2.27. The maximum absolute atomic E-state index is 11.9. The minimum Gasteiger partial charge on any atom is -0.383 e. The second-order valence-electron chi connectivity index (χ2n) is 3.10. The van der Waals surface area contributed by atoms with Gasteiger partial charge in [-0.05, 0) is 6.92 Å². The Morgan fingerprint density at radius 1 is 1.50 bits per heavy atom. The van der Waals surface area contributed by atoms with Crippen LogP contribution in [0.2, 0.25) is 5.15 Å². The number of hydrogen-bond donors (Lipinski definition) is 0. The molecular weight excluding hydrogens is 230 g/mol. The van der Waals surface area contributed by atoms with Gasteiger partial charge in [-0.2, -0.15) is 0 Å². The first-order valence-electron chi connectivity index (χ1n) is 4.94. The molecule has 0 spiro atoms. The lowest BCUT2D eigenvalue weighted by molar-refractivity contribution is 0.0700. The molecule has 0 radical (unpaired) electrons. The zero-order chi connectivity index (χ0) is 12.0. The Morgan fingerprint density at radius 2 is 2.25 bits per heavy atom. The molecule has 0 atom stereocenters. The topological polar surface area (TPSA) is 55.3 Å². The van der Waals surface area contributed by atoms with E-state index < -0.39 is 0 Å². The molecule has 0 N–H and O–H groups in total. The summed E-state index contributed by atoms with van der Waals surface area (Å²) in [6.45, 7) is 3.54. The van der Waals surface area contributed by atoms with Gasteiger partial charge in [-0.3, -0.25) is 4.79 Å². The SMILES string of the molecule is CCN(CCOC)C(=O)c1cnc(Cl)cn1. The Kier molecular flexibility index (Phi) is 5.14. The highest BCUT2D eigenvalue weighted by atomic mass is 35.5. The number of aromatic nitrogens is 2. The first kappa shape index (κ1) is 12.9. The highest BCUT2D eigenvalue weighted by Gasteiger charge is 2.15. The van der Waals surface area contributed by atoms with Gasteiger partial charge in [0.15, 0.2) is 0 Å². The van der Waals surface area contributed by atoms with E-state index in [9.17, 15) is 4.79 Å². The summed E-state index contributed by atoms with van der Waals surface area (Å²) in [5.74, 6) is -0.163. The van der Waals surface area contributed by atoms with Crippen LogP contribution in [0.1, 0.15) is 17.4 Å². The number of carbonyl (C=O) groups is 1. The summed E-state index contributed by atoms with van der Waals surface area (Å²) in [7, 11) is 1.60. The first-order chi connectivity index (χ1) is 7.69. The second kappa shape index (κ2) is 6.40. The van der Waals surface area contributed by atoms with Crippen molar-refractivity contribution >= 4 is 17.5 Å². The molecule has 0 saturated heterocycles. The lowest BCUT2D eigenvalue weighted by atomic mass is 10.3. The minimum atomic E-state index is -0.163. The standard InChI is InChI=1S/C10H14ClN3O2/c1-3-14(4-5-16-2)10(15)8-6-13-9(11)7-12-8/h6-7H,3-5H2,1-2H3. The van der Waals surface area contributed by atoms with Crippen molar-refractivity contribution in [3.8, 4) is 0 Å². The third kappa shape index (κ3) is 3.43. The number of amides is 1. The molecule has 0 aliphatic heterocycles. The zero-order valence-corrected chi connectivity index (χ0v) is 10.1. The highest BCUT2D eigenvalue weighted by molar-refractivity contribution is 6.29. The molecule has 0 unspecified atom stereocenters. The largest absolute Gasteiger partial charge is 0.383 e. The van der Waals surface area contributed by atoms with E-state index in [0.717, 1.165) is 0 Å². The predicted molar refractivity (Wildman–Crippen MR) is 60.5 cm³/mol. The molecule has 0 aliphatic carbocycles. The maximum atomic E-state index is 11.9. The van der Waals surface area contributed by atoms with Crippen molar-refractivity contribution in [1.29, 1.82) is 0 Å². The van der Waals surface area contributed by atoms with E-state index in [0.29, 0.717) is 25.4 Å². The van der Waals surface area contributed by atoms with Crippen LogP contribution >= 0.6 is 11.6 Å². The normalized spacial score (nSPS) is 10.2. The average molecular weight is 244 g/mol. The fourth-order valence-corrected chi connectivity index (χ4v) is 1.29. The van der Waals surface area contributed by atoms with Crippen LogP contribution in [-0.4, -0.2) is 47.6 Å². The highest BCUT2D eigenvalue weighted by Crippen LogP contribution is 2.04. The quantitative estimate of drug-likeness (QED) is 0.781. The summed E-state index contributed by atoms with van der Waals surface area (Å²) in [4.78, 5) is 21.3. The van der Waals surface area contributed by atoms with Crippen molar-refractivity contribution in [2.45, 2.75) is 6.92 Å². The van der Waals surface area contributed by atoms with Crippen molar-refractivity contribution in [2.24, 2.45) is 0 Å². The number of hydrogen-bond acceptors (Lipinski definition) is 4. The van der Waals surface area contributed by atoms with Crippen LogP contribution < -0.4 is 0 Å². The number of carbonyl (C=O) groups excluding carboxylic acids is 1. The molecule has 0 aliphatic rings. The number of rotatable bonds is 5. The first-order valence-corrected chi connectivity index (χ1v) is 5.32. The van der Waals surface area contributed by atoms with Gasteiger partial charge < -0.3 is 9.64 Å². The van der Waals surface area contributed by atoms with Gasteiger partial charge in [0.1, 0.15) is 10.8 Å². The summed E-state index contributed by atoms with van der Waals surface area (Å²) in [6.07, 6.45) is 2.74. The van der Waals surface area contributed by atoms with Crippen LogP contribution in [0.5, 0.6) is 0 Å². The molecule has 1 amide bonds. The second-order valence-corrected chi connectivity index (χ2v) is 3.49. The fraction of sp³-hybridized carbons (Fsp3) is 0.500. The molecular formula is C10H14ClN3O2. The van der Waals surface area contributed by atoms with Crippen molar-refractivity contribution in [3.63, 3.8) is 0 Å². The smallest absolute Gasteiger partial charge is 0.274 e. The van der Waals surface area contributed by atoms with Crippen molar-refractivity contribution < 1.29 is 9.53 Å². The number of likely N-dealkylation sites (N-methyl/N-ethyl adjacent to an activating group) is 1. The van der Waals surface area contributed by atoms with Gasteiger partial charge in [0.2, 0.25) is 0 Å². The molecule has 6 heteroatoms. The van der Waals surface area contributed by atoms with E-state index >= 15 is 0 Å². The molecule has 88 valence electrons. The number of ether oxygens (including phenoxy) is 1. The van der Waals surface area contributed by atoms with Crippen LogP contribution in [0.4, 0.5) is 0 Å². The summed E-state index contributed by atoms with van der Waals surface area (Å²) in [5, 5.41) is 0.275. The monoisotopic (exact) mass is 243 g/mol. The van der Waals surface area contributed by atoms with E-state index in [1.165, 1.54) is 12.4 Å². The van der Waals surface area contributed by atoms with E-state index in [1.807, 2.05) is 6.92 Å². The van der Waals surface area contributed by atoms with Crippen molar-refractivity contribution in [2.75, 3.05) is 26.8 Å². The maximum Gasteiger partial charge on any atom is 0.274 e. The van der Waals surface area contributed by atoms with Crippen LogP contribution in [-0.2, 0) is 4.74 Å². The van der Waals surface area contributed by atoms with Gasteiger partial charge in [0, 0.05) is 20.2 Å². The zero-order valence-electron chi connectivity index (χ0n) is 9.31. The molecule has 0 fully saturated rings. The molecule has 1 rings (SSSR count). The Hall–Kier alpha value is -1.20. The van der Waals surface area contributed by atoms with Gasteiger partial charge in [-0.15, -0.1) is 0 Å². The molecule has 1 heterocycles. The summed E-state index contributed by atoms with van der Waals surface area (Å²) >= 11 is 5.59. The van der Waals surface area contributed by atoms with Gasteiger partial charge in [0.25, 0.3) is 5.91 Å². The Balaban J connectivity index is 2.70. The van der Waals surface area contributed by atoms with Crippen LogP contribution in [0.15, 0.2) is 12.4 Å². The summed E-state index contributed by atoms with van der Waals surface area (Å²) in [5.41, 5.74) is 0.294. The lowest BCUT2D eigenvalue weighted by Crippen LogP contribution is -2.34. The molecule has 16 heavy (non-hydrogen) atoms.